The molecule has 0 aliphatic carbocycles. The van der Waals surface area contributed by atoms with Crippen molar-refractivity contribution in [2.24, 2.45) is 7.05 Å². The molecule has 0 saturated heterocycles. The molecule has 0 unspecified atom stereocenters. The summed E-state index contributed by atoms with van der Waals surface area (Å²) in [6.45, 7) is 1.74. The fraction of sp³-hybridized carbons (Fsp3) is 0.308. The highest BCUT2D eigenvalue weighted by molar-refractivity contribution is 7.89. The van der Waals surface area contributed by atoms with Gasteiger partial charge >= 0.3 is 0 Å². The molecule has 0 aliphatic heterocycles. The van der Waals surface area contributed by atoms with Gasteiger partial charge in [-0.05, 0) is 18.1 Å². The number of hydrogen-bond acceptors (Lipinski definition) is 5. The first kappa shape index (κ1) is 15.5. The lowest BCUT2D eigenvalue weighted by Crippen LogP contribution is -2.24. The number of rotatable bonds is 5. The van der Waals surface area contributed by atoms with Crippen LogP contribution < -0.4 is 10.5 Å². The summed E-state index contributed by atoms with van der Waals surface area (Å²) in [5.74, 6) is -0.0156. The van der Waals surface area contributed by atoms with Crippen molar-refractivity contribution in [2.75, 3.05) is 5.73 Å². The molecule has 0 amide bonds. The van der Waals surface area contributed by atoms with E-state index in [0.29, 0.717) is 5.69 Å². The maximum Gasteiger partial charge on any atom is 0.246 e. The molecule has 1 heterocycles. The SMILES string of the molecule is Cc1c(S(=O)(=O)NCc2ccc(CO)cc2)c(N)nn1C. The first-order chi connectivity index (χ1) is 9.85. The van der Waals surface area contributed by atoms with E-state index in [4.69, 9.17) is 10.8 Å². The lowest BCUT2D eigenvalue weighted by molar-refractivity contribution is 0.282. The van der Waals surface area contributed by atoms with Crippen molar-refractivity contribution in [3.63, 3.8) is 0 Å². The van der Waals surface area contributed by atoms with Gasteiger partial charge in [-0.25, -0.2) is 13.1 Å². The second-order valence-corrected chi connectivity index (χ2v) is 6.43. The van der Waals surface area contributed by atoms with E-state index >= 15 is 0 Å². The van der Waals surface area contributed by atoms with Crippen LogP contribution in [0.4, 0.5) is 5.82 Å². The molecule has 2 aromatic rings. The number of aliphatic hydroxyl groups is 1. The Hall–Kier alpha value is -1.90. The van der Waals surface area contributed by atoms with Crippen molar-refractivity contribution < 1.29 is 13.5 Å². The van der Waals surface area contributed by atoms with Crippen LogP contribution in [0.2, 0.25) is 0 Å². The fourth-order valence-electron chi connectivity index (χ4n) is 1.96. The van der Waals surface area contributed by atoms with Crippen LogP contribution >= 0.6 is 0 Å². The lowest BCUT2D eigenvalue weighted by Gasteiger charge is -2.07. The van der Waals surface area contributed by atoms with Crippen molar-refractivity contribution >= 4 is 15.8 Å². The molecule has 1 aromatic carbocycles. The van der Waals surface area contributed by atoms with Crippen molar-refractivity contribution in [1.82, 2.24) is 14.5 Å². The molecule has 0 bridgehead atoms. The summed E-state index contributed by atoms with van der Waals surface area (Å²) >= 11 is 0. The molecule has 7 nitrogen and oxygen atoms in total. The largest absolute Gasteiger partial charge is 0.392 e. The van der Waals surface area contributed by atoms with E-state index in [1.54, 1.807) is 38.2 Å². The minimum absolute atomic E-state index is 0.0111. The third kappa shape index (κ3) is 3.23. The van der Waals surface area contributed by atoms with E-state index in [-0.39, 0.29) is 23.9 Å². The fourth-order valence-corrected chi connectivity index (χ4v) is 3.30. The topological polar surface area (TPSA) is 110 Å². The third-order valence-corrected chi connectivity index (χ3v) is 4.81. The zero-order valence-electron chi connectivity index (χ0n) is 11.9. The Morgan fingerprint density at radius 1 is 1.29 bits per heavy atom. The summed E-state index contributed by atoms with van der Waals surface area (Å²) in [5, 5.41) is 12.9. The maximum atomic E-state index is 12.3. The van der Waals surface area contributed by atoms with Crippen LogP contribution in [0.5, 0.6) is 0 Å². The van der Waals surface area contributed by atoms with Crippen LogP contribution in [0.25, 0.3) is 0 Å². The predicted molar refractivity (Wildman–Crippen MR) is 78.7 cm³/mol. The lowest BCUT2D eigenvalue weighted by atomic mass is 10.1. The van der Waals surface area contributed by atoms with E-state index in [2.05, 4.69) is 9.82 Å². The summed E-state index contributed by atoms with van der Waals surface area (Å²) in [6.07, 6.45) is 0. The average Bonchev–Trinajstić information content (AvgIpc) is 2.71. The number of sulfonamides is 1. The highest BCUT2D eigenvalue weighted by Crippen LogP contribution is 2.21. The van der Waals surface area contributed by atoms with Crippen LogP contribution in [0, 0.1) is 6.92 Å². The number of nitrogens with two attached hydrogens (primary N) is 1. The number of aromatic nitrogens is 2. The van der Waals surface area contributed by atoms with E-state index in [9.17, 15) is 8.42 Å². The highest BCUT2D eigenvalue weighted by atomic mass is 32.2. The summed E-state index contributed by atoms with van der Waals surface area (Å²) in [7, 11) is -2.09. The molecule has 0 spiro atoms. The third-order valence-electron chi connectivity index (χ3n) is 3.24. The van der Waals surface area contributed by atoms with Gasteiger partial charge in [0.2, 0.25) is 10.0 Å². The van der Waals surface area contributed by atoms with Crippen LogP contribution in [0.15, 0.2) is 29.2 Å². The molecule has 0 atom stereocenters. The minimum atomic E-state index is -3.72. The Morgan fingerprint density at radius 2 is 1.86 bits per heavy atom. The number of hydrogen-bond donors (Lipinski definition) is 3. The zero-order chi connectivity index (χ0) is 15.6. The Morgan fingerprint density at radius 3 is 2.33 bits per heavy atom. The minimum Gasteiger partial charge on any atom is -0.392 e. The molecule has 114 valence electrons. The van der Waals surface area contributed by atoms with E-state index in [1.807, 2.05) is 0 Å². The predicted octanol–water partition coefficient (Wildman–Crippen LogP) is 0.282. The molecule has 21 heavy (non-hydrogen) atoms. The quantitative estimate of drug-likeness (QED) is 0.735. The monoisotopic (exact) mass is 310 g/mol. The van der Waals surface area contributed by atoms with Crippen molar-refractivity contribution in [2.45, 2.75) is 25.0 Å². The average molecular weight is 310 g/mol. The molecule has 1 aromatic heterocycles. The van der Waals surface area contributed by atoms with Crippen LogP contribution in [0.3, 0.4) is 0 Å². The van der Waals surface area contributed by atoms with Gasteiger partial charge in [-0.15, -0.1) is 0 Å². The van der Waals surface area contributed by atoms with Crippen LogP contribution in [-0.2, 0) is 30.2 Å². The Kier molecular flexibility index (Phi) is 4.31. The first-order valence-corrected chi connectivity index (χ1v) is 7.81. The summed E-state index contributed by atoms with van der Waals surface area (Å²) in [6, 6.07) is 7.00. The molecule has 2 rings (SSSR count). The number of aliphatic hydroxyl groups excluding tert-OH is 1. The van der Waals surface area contributed by atoms with Crippen LogP contribution in [0.1, 0.15) is 16.8 Å². The van der Waals surface area contributed by atoms with Gasteiger partial charge in [0, 0.05) is 13.6 Å². The molecule has 0 fully saturated rings. The summed E-state index contributed by atoms with van der Waals surface area (Å²) in [4.78, 5) is 0.0111. The molecule has 0 aliphatic rings. The Bertz CT molecular complexity index is 736. The number of nitrogen functional groups attached to an aromatic ring is 1. The second kappa shape index (κ2) is 5.84. The standard InChI is InChI=1S/C13H18N4O3S/c1-9-12(13(14)16-17(9)2)21(19,20)15-7-10-3-5-11(8-18)6-4-10/h3-6,15,18H,7-8H2,1-2H3,(H2,14,16). The zero-order valence-corrected chi connectivity index (χ0v) is 12.7. The summed E-state index contributed by atoms with van der Waals surface area (Å²) < 4.78 is 28.5. The molecule has 0 saturated carbocycles. The molecule has 4 N–H and O–H groups in total. The van der Waals surface area contributed by atoms with Crippen LogP contribution in [-0.4, -0.2) is 23.3 Å². The number of nitrogens with zero attached hydrogens (tertiary/aromatic N) is 2. The number of nitrogens with one attached hydrogen (secondary N) is 1. The number of anilines is 1. The highest BCUT2D eigenvalue weighted by Gasteiger charge is 2.24. The first-order valence-electron chi connectivity index (χ1n) is 6.32. The van der Waals surface area contributed by atoms with Crippen molar-refractivity contribution in [3.8, 4) is 0 Å². The number of aryl methyl sites for hydroxylation is 1. The van der Waals surface area contributed by atoms with Gasteiger partial charge in [0.05, 0.1) is 12.3 Å². The smallest absolute Gasteiger partial charge is 0.246 e. The number of benzene rings is 1. The van der Waals surface area contributed by atoms with E-state index < -0.39 is 10.0 Å². The van der Waals surface area contributed by atoms with Gasteiger partial charge in [-0.1, -0.05) is 24.3 Å². The van der Waals surface area contributed by atoms with Gasteiger partial charge < -0.3 is 10.8 Å². The van der Waals surface area contributed by atoms with Gasteiger partial charge in [-0.3, -0.25) is 4.68 Å². The Balaban J connectivity index is 2.17. The summed E-state index contributed by atoms with van der Waals surface area (Å²) in [5.41, 5.74) is 7.70. The van der Waals surface area contributed by atoms with E-state index in [0.717, 1.165) is 11.1 Å². The normalized spacial score (nSPS) is 11.8. The van der Waals surface area contributed by atoms with Gasteiger partial charge in [0.25, 0.3) is 0 Å². The van der Waals surface area contributed by atoms with Crippen molar-refractivity contribution in [1.29, 1.82) is 0 Å². The maximum absolute atomic E-state index is 12.3. The Labute approximate surface area is 123 Å². The van der Waals surface area contributed by atoms with Gasteiger partial charge in [0.15, 0.2) is 5.82 Å². The van der Waals surface area contributed by atoms with Gasteiger partial charge in [-0.2, -0.15) is 5.10 Å². The molecule has 8 heteroatoms. The van der Waals surface area contributed by atoms with Crippen molar-refractivity contribution in [3.05, 3.63) is 41.1 Å². The molecular weight excluding hydrogens is 292 g/mol. The second-order valence-electron chi connectivity index (χ2n) is 4.72. The molecular formula is C13H18N4O3S. The molecule has 0 radical (unpaired) electrons. The van der Waals surface area contributed by atoms with Gasteiger partial charge in [0.1, 0.15) is 4.90 Å². The van der Waals surface area contributed by atoms with E-state index in [1.165, 1.54) is 4.68 Å².